The van der Waals surface area contributed by atoms with Gasteiger partial charge in [0.15, 0.2) is 11.6 Å². The first kappa shape index (κ1) is 30.4. The van der Waals surface area contributed by atoms with Gasteiger partial charge in [0.1, 0.15) is 5.75 Å². The van der Waals surface area contributed by atoms with E-state index in [1.54, 1.807) is 42.5 Å². The fourth-order valence-corrected chi connectivity index (χ4v) is 8.98. The number of phenols is 1. The Kier molecular flexibility index (Phi) is 7.07. The van der Waals surface area contributed by atoms with E-state index >= 15 is 4.79 Å². The second-order valence-corrected chi connectivity index (χ2v) is 13.2. The predicted octanol–water partition coefficient (Wildman–Crippen LogP) is 6.12. The zero-order valence-electron chi connectivity index (χ0n) is 26.2. The molecule has 0 radical (unpaired) electrons. The number of Topliss-reactive ketones (excluding diaryl/α,β-unsaturated/α-hetero) is 1. The highest BCUT2D eigenvalue weighted by atomic mass is 16.4. The van der Waals surface area contributed by atoms with E-state index in [4.69, 9.17) is 0 Å². The third kappa shape index (κ3) is 4.40. The second kappa shape index (κ2) is 11.4. The number of amides is 2. The number of hydrogen-bond acceptors (Lipinski definition) is 6. The van der Waals surface area contributed by atoms with Gasteiger partial charge < -0.3 is 10.2 Å². The zero-order valence-corrected chi connectivity index (χ0v) is 26.2. The highest BCUT2D eigenvalue weighted by Crippen LogP contribution is 2.64. The molecule has 8 rings (SSSR count). The summed E-state index contributed by atoms with van der Waals surface area (Å²) < 4.78 is 0. The van der Waals surface area contributed by atoms with Gasteiger partial charge in [0.2, 0.25) is 11.8 Å². The number of imide groups is 1. The lowest BCUT2D eigenvalue weighted by Crippen LogP contribution is -2.58. The Bertz CT molecular complexity index is 2140. The number of aromatic hydroxyl groups is 1. The Hall–Kier alpha value is -5.89. The minimum absolute atomic E-state index is 0.0377. The molecule has 242 valence electrons. The Morgan fingerprint density at radius 3 is 2.18 bits per heavy atom. The van der Waals surface area contributed by atoms with Crippen molar-refractivity contribution >= 4 is 40.6 Å². The highest BCUT2D eigenvalue weighted by Gasteiger charge is 2.66. The lowest BCUT2D eigenvalue weighted by molar-refractivity contribution is -0.135. The molecule has 8 heteroatoms. The summed E-state index contributed by atoms with van der Waals surface area (Å²) in [5.41, 5.74) is 1.43. The normalized spacial score (nSPS) is 27.5. The quantitative estimate of drug-likeness (QED) is 0.197. The summed E-state index contributed by atoms with van der Waals surface area (Å²) in [6.07, 6.45) is 3.72. The van der Waals surface area contributed by atoms with Gasteiger partial charge in [-0.25, -0.2) is 4.79 Å². The van der Waals surface area contributed by atoms with E-state index in [9.17, 15) is 29.4 Å². The first-order valence-electron chi connectivity index (χ1n) is 16.3. The van der Waals surface area contributed by atoms with Crippen molar-refractivity contribution in [3.8, 4) is 5.75 Å². The second-order valence-electron chi connectivity index (χ2n) is 13.2. The number of para-hydroxylation sites is 1. The van der Waals surface area contributed by atoms with Crippen LogP contribution in [-0.4, -0.2) is 39.6 Å². The van der Waals surface area contributed by atoms with Crippen LogP contribution in [0.25, 0.3) is 5.57 Å². The van der Waals surface area contributed by atoms with E-state index in [1.807, 2.05) is 54.6 Å². The molecule has 3 aliphatic carbocycles. The Morgan fingerprint density at radius 2 is 1.47 bits per heavy atom. The molecule has 1 aliphatic heterocycles. The van der Waals surface area contributed by atoms with Crippen LogP contribution in [0.4, 0.5) is 5.69 Å². The van der Waals surface area contributed by atoms with E-state index in [0.717, 1.165) is 10.5 Å². The van der Waals surface area contributed by atoms with Crippen LogP contribution >= 0.6 is 0 Å². The lowest BCUT2D eigenvalue weighted by Gasteiger charge is -2.55. The van der Waals surface area contributed by atoms with Gasteiger partial charge in [-0.3, -0.25) is 24.1 Å². The number of anilines is 1. The maximum Gasteiger partial charge on any atom is 0.335 e. The molecular formula is C41H31NO7. The minimum atomic E-state index is -1.44. The van der Waals surface area contributed by atoms with E-state index in [-0.39, 0.29) is 41.4 Å². The van der Waals surface area contributed by atoms with Gasteiger partial charge >= 0.3 is 5.97 Å². The van der Waals surface area contributed by atoms with Crippen molar-refractivity contribution in [2.75, 3.05) is 4.90 Å². The van der Waals surface area contributed by atoms with Crippen molar-refractivity contribution in [3.05, 3.63) is 149 Å². The monoisotopic (exact) mass is 649 g/mol. The van der Waals surface area contributed by atoms with Crippen molar-refractivity contribution in [1.82, 2.24) is 0 Å². The molecule has 0 bridgehead atoms. The van der Waals surface area contributed by atoms with Crippen LogP contribution < -0.4 is 4.90 Å². The summed E-state index contributed by atoms with van der Waals surface area (Å²) >= 11 is 0. The third-order valence-electron chi connectivity index (χ3n) is 11.0. The number of carboxylic acids is 1. The summed E-state index contributed by atoms with van der Waals surface area (Å²) in [6, 6.07) is 30.8. The summed E-state index contributed by atoms with van der Waals surface area (Å²) in [5, 5.41) is 21.0. The minimum Gasteiger partial charge on any atom is -0.508 e. The molecule has 2 amide bonds. The maximum atomic E-state index is 15.0. The number of carboxylic acid groups (broad SMARTS) is 1. The molecule has 2 fully saturated rings. The largest absolute Gasteiger partial charge is 0.508 e. The molecule has 4 aromatic carbocycles. The highest BCUT2D eigenvalue weighted by molar-refractivity contribution is 6.32. The maximum absolute atomic E-state index is 15.0. The molecular weight excluding hydrogens is 618 g/mol. The van der Waals surface area contributed by atoms with Gasteiger partial charge in [-0.15, -0.1) is 0 Å². The number of allylic oxidation sites excluding steroid dienone is 4. The molecule has 1 heterocycles. The number of hydrogen-bond donors (Lipinski definition) is 2. The predicted molar refractivity (Wildman–Crippen MR) is 181 cm³/mol. The lowest BCUT2D eigenvalue weighted by atomic mass is 9.44. The topological polar surface area (TPSA) is 129 Å². The number of fused-ring (bicyclic) bond motifs is 4. The van der Waals surface area contributed by atoms with Crippen molar-refractivity contribution < 1.29 is 34.2 Å². The van der Waals surface area contributed by atoms with Crippen LogP contribution in [0.3, 0.4) is 0 Å². The summed E-state index contributed by atoms with van der Waals surface area (Å²) in [5.74, 6) is -6.56. The molecule has 49 heavy (non-hydrogen) atoms. The van der Waals surface area contributed by atoms with Gasteiger partial charge in [-0.2, -0.15) is 0 Å². The fourth-order valence-electron chi connectivity index (χ4n) is 8.98. The number of carbonyl (C=O) groups is 5. The van der Waals surface area contributed by atoms with E-state index in [2.05, 4.69) is 0 Å². The number of ketones is 2. The molecule has 8 nitrogen and oxygen atoms in total. The smallest absolute Gasteiger partial charge is 0.335 e. The van der Waals surface area contributed by atoms with Crippen molar-refractivity contribution in [2.45, 2.75) is 24.2 Å². The van der Waals surface area contributed by atoms with Crippen LogP contribution in [-0.2, 0) is 24.6 Å². The van der Waals surface area contributed by atoms with Gasteiger partial charge in [0.05, 0.1) is 28.5 Å². The summed E-state index contributed by atoms with van der Waals surface area (Å²) in [6.45, 7) is 0. The number of carbonyl (C=O) groups excluding carboxylic acids is 4. The average molecular weight is 650 g/mol. The van der Waals surface area contributed by atoms with Crippen LogP contribution in [0, 0.1) is 23.7 Å². The van der Waals surface area contributed by atoms with Crippen molar-refractivity contribution in [1.29, 1.82) is 0 Å². The molecule has 6 atom stereocenters. The van der Waals surface area contributed by atoms with Crippen molar-refractivity contribution in [3.63, 3.8) is 0 Å². The van der Waals surface area contributed by atoms with Crippen LogP contribution in [0.5, 0.6) is 5.75 Å². The van der Waals surface area contributed by atoms with Crippen LogP contribution in [0.2, 0.25) is 0 Å². The van der Waals surface area contributed by atoms with Crippen LogP contribution in [0.1, 0.15) is 45.8 Å². The molecule has 4 aliphatic rings. The van der Waals surface area contributed by atoms with Gasteiger partial charge in [0, 0.05) is 23.0 Å². The van der Waals surface area contributed by atoms with Crippen molar-refractivity contribution in [2.24, 2.45) is 23.7 Å². The molecule has 2 N–H and O–H groups in total. The van der Waals surface area contributed by atoms with E-state index in [0.29, 0.717) is 22.3 Å². The molecule has 1 saturated carbocycles. The number of rotatable bonds is 5. The third-order valence-corrected chi connectivity index (χ3v) is 11.0. The Balaban J connectivity index is 1.34. The first-order chi connectivity index (χ1) is 23.7. The average Bonchev–Trinajstić information content (AvgIpc) is 3.39. The van der Waals surface area contributed by atoms with Gasteiger partial charge in [-0.1, -0.05) is 96.6 Å². The first-order valence-corrected chi connectivity index (χ1v) is 16.3. The number of benzene rings is 4. The molecule has 0 aromatic heterocycles. The zero-order chi connectivity index (χ0) is 34.0. The summed E-state index contributed by atoms with van der Waals surface area (Å²) in [4.78, 5) is 71.2. The van der Waals surface area contributed by atoms with Gasteiger partial charge in [0.25, 0.3) is 0 Å². The summed E-state index contributed by atoms with van der Waals surface area (Å²) in [7, 11) is 0. The van der Waals surface area contributed by atoms with Crippen LogP contribution in [0.15, 0.2) is 127 Å². The number of phenolic OH excluding ortho intramolecular Hbond substituents is 1. The Labute approximate surface area is 282 Å². The number of nitrogens with zero attached hydrogens (tertiary/aromatic N) is 1. The Morgan fingerprint density at radius 1 is 0.776 bits per heavy atom. The van der Waals surface area contributed by atoms with E-state index < -0.39 is 52.8 Å². The standard InChI is InChI=1S/C41H31NO7/c43-33-17-8-7-16-28(33)36-27-18-19-29-35(39(47)42(38(29)46)26-15-9-12-24(20-26)40(48)49)31(27)21-32-37(45)30(23-10-3-1-4-11-23)22-34(44)41(32,36)25-13-5-2-6-14-25/h1-18,20,22,29,31-32,35-36,43H,19,21H2,(H,48,49). The SMILES string of the molecule is O=C(O)c1cccc(N2C(=O)C3CC=C4C(CC5C(=O)C(c6ccccc6)=CC(=O)C5(c5ccccc5)C4c4ccccc4O)C3C2=O)c1. The van der Waals surface area contributed by atoms with Gasteiger partial charge in [-0.05, 0) is 60.2 Å². The molecule has 4 aromatic rings. The molecule has 6 unspecified atom stereocenters. The molecule has 0 spiro atoms. The van der Waals surface area contributed by atoms with E-state index in [1.165, 1.54) is 24.3 Å². The molecule has 1 saturated heterocycles. The number of aromatic carboxylic acids is 1. The fraction of sp³-hybridized carbons (Fsp3) is 0.195.